The fourth-order valence-electron chi connectivity index (χ4n) is 2.00. The predicted molar refractivity (Wildman–Crippen MR) is 86.3 cm³/mol. The van der Waals surface area contributed by atoms with E-state index in [0.29, 0.717) is 18.7 Å². The Hall–Kier alpha value is -1.85. The number of nitrogen functional groups attached to an aromatic ring is 1. The summed E-state index contributed by atoms with van der Waals surface area (Å²) in [7, 11) is -1.68. The first-order chi connectivity index (χ1) is 9.97. The highest BCUT2D eigenvalue weighted by molar-refractivity contribution is 7.88. The Labute approximate surface area is 126 Å². The Balaban J connectivity index is 1.96. The van der Waals surface area contributed by atoms with Crippen LogP contribution in [0.5, 0.6) is 0 Å². The van der Waals surface area contributed by atoms with Crippen LogP contribution >= 0.6 is 0 Å². The molecule has 0 amide bonds. The van der Waals surface area contributed by atoms with Gasteiger partial charge in [0.1, 0.15) is 0 Å². The van der Waals surface area contributed by atoms with Crippen molar-refractivity contribution in [1.82, 2.24) is 4.31 Å². The standard InChI is InChI=1S/C16H20N2O2S/c1-18(12-11-14-5-3-2-4-6-14)21(19,20)13-15-7-9-16(17)10-8-15/h2-10H,11-13,17H2,1H3. The normalized spacial score (nSPS) is 11.7. The van der Waals surface area contributed by atoms with Crippen LogP contribution in [-0.2, 0) is 22.2 Å². The molecular formula is C16H20N2O2S. The van der Waals surface area contributed by atoms with Crippen LogP contribution in [0.3, 0.4) is 0 Å². The van der Waals surface area contributed by atoms with E-state index in [2.05, 4.69) is 0 Å². The van der Waals surface area contributed by atoms with Crippen molar-refractivity contribution < 1.29 is 8.42 Å². The van der Waals surface area contributed by atoms with Gasteiger partial charge < -0.3 is 5.73 Å². The number of anilines is 1. The van der Waals surface area contributed by atoms with Gasteiger partial charge >= 0.3 is 0 Å². The summed E-state index contributed by atoms with van der Waals surface area (Å²) in [5, 5.41) is 0. The third-order valence-electron chi connectivity index (χ3n) is 3.36. The van der Waals surface area contributed by atoms with E-state index in [-0.39, 0.29) is 5.75 Å². The van der Waals surface area contributed by atoms with Crippen molar-refractivity contribution in [1.29, 1.82) is 0 Å². The minimum absolute atomic E-state index is 0.00142. The monoisotopic (exact) mass is 304 g/mol. The summed E-state index contributed by atoms with van der Waals surface area (Å²) in [5.41, 5.74) is 8.11. The molecule has 0 radical (unpaired) electrons. The third-order valence-corrected chi connectivity index (χ3v) is 5.19. The van der Waals surface area contributed by atoms with Crippen LogP contribution in [0, 0.1) is 0 Å². The van der Waals surface area contributed by atoms with E-state index >= 15 is 0 Å². The highest BCUT2D eigenvalue weighted by Crippen LogP contribution is 2.12. The number of benzene rings is 2. The van der Waals surface area contributed by atoms with Gasteiger partial charge in [-0.2, -0.15) is 0 Å². The van der Waals surface area contributed by atoms with E-state index in [9.17, 15) is 8.42 Å². The van der Waals surface area contributed by atoms with Gasteiger partial charge in [0.05, 0.1) is 5.75 Å². The van der Waals surface area contributed by atoms with E-state index in [4.69, 9.17) is 5.73 Å². The maximum atomic E-state index is 12.3. The van der Waals surface area contributed by atoms with Gasteiger partial charge in [-0.05, 0) is 29.7 Å². The number of hydrogen-bond acceptors (Lipinski definition) is 3. The van der Waals surface area contributed by atoms with Crippen LogP contribution in [-0.4, -0.2) is 26.3 Å². The number of nitrogens with zero attached hydrogens (tertiary/aromatic N) is 1. The lowest BCUT2D eigenvalue weighted by Gasteiger charge is -2.17. The summed E-state index contributed by atoms with van der Waals surface area (Å²) in [6.45, 7) is 0.474. The fourth-order valence-corrected chi connectivity index (χ4v) is 3.21. The molecule has 5 heteroatoms. The average Bonchev–Trinajstić information content (AvgIpc) is 2.48. The lowest BCUT2D eigenvalue weighted by Crippen LogP contribution is -2.30. The zero-order valence-electron chi connectivity index (χ0n) is 12.1. The molecule has 0 aliphatic heterocycles. The Bertz CT molecular complexity index is 667. The van der Waals surface area contributed by atoms with Crippen molar-refractivity contribution in [2.75, 3.05) is 19.3 Å². The molecule has 112 valence electrons. The van der Waals surface area contributed by atoms with Gasteiger partial charge in [0.2, 0.25) is 10.0 Å². The molecule has 0 spiro atoms. The number of hydrogen-bond donors (Lipinski definition) is 1. The molecule has 0 fully saturated rings. The molecule has 0 aromatic heterocycles. The molecule has 0 saturated heterocycles. The molecule has 0 aliphatic carbocycles. The van der Waals surface area contributed by atoms with Gasteiger partial charge in [-0.25, -0.2) is 12.7 Å². The van der Waals surface area contributed by atoms with Gasteiger partial charge in [0.25, 0.3) is 0 Å². The molecule has 0 saturated carbocycles. The van der Waals surface area contributed by atoms with Gasteiger partial charge in [-0.15, -0.1) is 0 Å². The highest BCUT2D eigenvalue weighted by Gasteiger charge is 2.18. The number of sulfonamides is 1. The number of rotatable bonds is 6. The summed E-state index contributed by atoms with van der Waals surface area (Å²) >= 11 is 0. The van der Waals surface area contributed by atoms with Crippen molar-refractivity contribution in [3.63, 3.8) is 0 Å². The summed E-state index contributed by atoms with van der Waals surface area (Å²) in [6.07, 6.45) is 0.707. The Morgan fingerprint density at radius 2 is 1.57 bits per heavy atom. The molecule has 0 heterocycles. The minimum Gasteiger partial charge on any atom is -0.399 e. The van der Waals surface area contributed by atoms with Crippen molar-refractivity contribution in [3.05, 3.63) is 65.7 Å². The molecule has 0 unspecified atom stereocenters. The second-order valence-electron chi connectivity index (χ2n) is 5.05. The lowest BCUT2D eigenvalue weighted by atomic mass is 10.2. The van der Waals surface area contributed by atoms with Crippen LogP contribution in [0.15, 0.2) is 54.6 Å². The SMILES string of the molecule is CN(CCc1ccccc1)S(=O)(=O)Cc1ccc(N)cc1. The Morgan fingerprint density at radius 1 is 0.952 bits per heavy atom. The third kappa shape index (κ3) is 4.58. The van der Waals surface area contributed by atoms with E-state index in [0.717, 1.165) is 11.1 Å². The average molecular weight is 304 g/mol. The van der Waals surface area contributed by atoms with Crippen LogP contribution < -0.4 is 5.73 Å². The molecule has 0 bridgehead atoms. The zero-order chi connectivity index (χ0) is 15.3. The first kappa shape index (κ1) is 15.5. The molecule has 2 aromatic rings. The van der Waals surface area contributed by atoms with Crippen LogP contribution in [0.25, 0.3) is 0 Å². The summed E-state index contributed by atoms with van der Waals surface area (Å²) < 4.78 is 26.0. The van der Waals surface area contributed by atoms with E-state index in [1.165, 1.54) is 4.31 Å². The molecule has 2 N–H and O–H groups in total. The van der Waals surface area contributed by atoms with E-state index in [1.807, 2.05) is 30.3 Å². The molecule has 21 heavy (non-hydrogen) atoms. The van der Waals surface area contributed by atoms with Crippen molar-refractivity contribution in [2.45, 2.75) is 12.2 Å². The molecule has 0 atom stereocenters. The second-order valence-corrected chi connectivity index (χ2v) is 7.13. The number of likely N-dealkylation sites (N-methyl/N-ethyl adjacent to an activating group) is 1. The molecule has 2 aromatic carbocycles. The number of nitrogens with two attached hydrogens (primary N) is 1. The van der Waals surface area contributed by atoms with Crippen molar-refractivity contribution in [3.8, 4) is 0 Å². The van der Waals surface area contributed by atoms with Gasteiger partial charge in [-0.3, -0.25) is 0 Å². The second kappa shape index (κ2) is 6.74. The largest absolute Gasteiger partial charge is 0.399 e. The van der Waals surface area contributed by atoms with E-state index in [1.54, 1.807) is 31.3 Å². The van der Waals surface area contributed by atoms with Crippen LogP contribution in [0.2, 0.25) is 0 Å². The summed E-state index contributed by atoms with van der Waals surface area (Å²) in [4.78, 5) is 0. The molecule has 0 aliphatic rings. The first-order valence-electron chi connectivity index (χ1n) is 6.80. The van der Waals surface area contributed by atoms with Gasteiger partial charge in [0, 0.05) is 19.3 Å². The smallest absolute Gasteiger partial charge is 0.218 e. The van der Waals surface area contributed by atoms with Gasteiger partial charge in [-0.1, -0.05) is 42.5 Å². The predicted octanol–water partition coefficient (Wildman–Crippen LogP) is 2.27. The summed E-state index contributed by atoms with van der Waals surface area (Å²) in [6, 6.07) is 16.8. The van der Waals surface area contributed by atoms with Gasteiger partial charge in [0.15, 0.2) is 0 Å². The topological polar surface area (TPSA) is 63.4 Å². The highest BCUT2D eigenvalue weighted by atomic mass is 32.2. The van der Waals surface area contributed by atoms with Crippen molar-refractivity contribution in [2.24, 2.45) is 0 Å². The van der Waals surface area contributed by atoms with Crippen molar-refractivity contribution >= 4 is 15.7 Å². The summed E-state index contributed by atoms with van der Waals surface area (Å²) in [5.74, 6) is -0.00142. The lowest BCUT2D eigenvalue weighted by molar-refractivity contribution is 0.471. The Kier molecular flexibility index (Phi) is 4.98. The zero-order valence-corrected chi connectivity index (χ0v) is 12.9. The van der Waals surface area contributed by atoms with Crippen LogP contribution in [0.4, 0.5) is 5.69 Å². The molecule has 4 nitrogen and oxygen atoms in total. The first-order valence-corrected chi connectivity index (χ1v) is 8.41. The minimum atomic E-state index is -3.30. The quantitative estimate of drug-likeness (QED) is 0.833. The van der Waals surface area contributed by atoms with Crippen LogP contribution in [0.1, 0.15) is 11.1 Å². The maximum Gasteiger partial charge on any atom is 0.218 e. The molecule has 2 rings (SSSR count). The fraction of sp³-hybridized carbons (Fsp3) is 0.250. The maximum absolute atomic E-state index is 12.3. The Morgan fingerprint density at radius 3 is 2.19 bits per heavy atom. The molecular weight excluding hydrogens is 284 g/mol. The van der Waals surface area contributed by atoms with E-state index < -0.39 is 10.0 Å².